The van der Waals surface area contributed by atoms with E-state index in [2.05, 4.69) is 27.0 Å². The molecule has 4 nitrogen and oxygen atoms in total. The van der Waals surface area contributed by atoms with Crippen molar-refractivity contribution in [3.63, 3.8) is 0 Å². The van der Waals surface area contributed by atoms with E-state index in [-0.39, 0.29) is 11.5 Å². The minimum absolute atomic E-state index is 0.0489. The van der Waals surface area contributed by atoms with Gasteiger partial charge in [-0.05, 0) is 24.3 Å². The van der Waals surface area contributed by atoms with E-state index in [9.17, 15) is 4.39 Å². The first kappa shape index (κ1) is 10.4. The first-order chi connectivity index (χ1) is 9.76. The number of aromatic nitrogens is 4. The van der Waals surface area contributed by atoms with Gasteiger partial charge in [0, 0.05) is 29.8 Å². The monoisotopic (exact) mass is 266 g/mol. The Hall–Kier alpha value is -2.43. The van der Waals surface area contributed by atoms with Gasteiger partial charge in [0.05, 0.1) is 6.20 Å². The Labute approximate surface area is 114 Å². The molecule has 0 unspecified atom stereocenters. The molecule has 2 aromatic heterocycles. The van der Waals surface area contributed by atoms with Gasteiger partial charge in [-0.25, -0.2) is 9.07 Å². The van der Waals surface area contributed by atoms with Crippen molar-refractivity contribution in [1.82, 2.24) is 19.6 Å². The van der Waals surface area contributed by atoms with Crippen molar-refractivity contribution in [3.8, 4) is 11.3 Å². The van der Waals surface area contributed by atoms with E-state index >= 15 is 0 Å². The van der Waals surface area contributed by atoms with Crippen molar-refractivity contribution in [2.45, 2.75) is 18.5 Å². The lowest BCUT2D eigenvalue weighted by molar-refractivity contribution is 0.0724. The van der Waals surface area contributed by atoms with Gasteiger partial charge in [-0.15, -0.1) is 5.10 Å². The minimum atomic E-state index is -0.252. The number of hydrogen-bond acceptors (Lipinski definition) is 2. The van der Waals surface area contributed by atoms with Crippen molar-refractivity contribution in [1.29, 1.82) is 0 Å². The molecule has 0 N–H and O–H groups in total. The molecule has 0 aliphatic carbocycles. The Morgan fingerprint density at radius 3 is 2.65 bits per heavy atom. The fourth-order valence-electron chi connectivity index (χ4n) is 3.47. The molecule has 0 radical (unpaired) electrons. The Bertz CT molecular complexity index is 822. The van der Waals surface area contributed by atoms with Crippen molar-refractivity contribution in [2.24, 2.45) is 0 Å². The lowest BCUT2D eigenvalue weighted by Crippen LogP contribution is -2.61. The minimum Gasteiger partial charge on any atom is -0.323 e. The SMILES string of the molecule is Fc1cccc(-c2cn(C34Cc5ccc(n53)C4)nn2)c1. The topological polar surface area (TPSA) is 35.6 Å². The van der Waals surface area contributed by atoms with Crippen LogP contribution in [-0.2, 0) is 18.5 Å². The zero-order valence-electron chi connectivity index (χ0n) is 10.6. The van der Waals surface area contributed by atoms with Crippen LogP contribution in [-0.4, -0.2) is 19.6 Å². The first-order valence-electron chi connectivity index (χ1n) is 6.65. The van der Waals surface area contributed by atoms with Crippen molar-refractivity contribution in [3.05, 3.63) is 59.8 Å². The molecule has 3 aromatic rings. The van der Waals surface area contributed by atoms with E-state index in [4.69, 9.17) is 0 Å². The van der Waals surface area contributed by atoms with Gasteiger partial charge in [0.1, 0.15) is 17.2 Å². The molecule has 98 valence electrons. The fraction of sp³-hybridized carbons (Fsp3) is 0.200. The lowest BCUT2D eigenvalue weighted by atomic mass is 9.84. The summed E-state index contributed by atoms with van der Waals surface area (Å²) in [6.07, 6.45) is 3.92. The summed E-state index contributed by atoms with van der Waals surface area (Å²) in [6.45, 7) is 0. The Balaban J connectivity index is 1.58. The molecule has 2 aliphatic rings. The standard InChI is InChI=1S/C15H11FN4/c16-11-3-1-2-10(6-11)14-9-19(18-17-14)15-7-12-4-5-13(8-15)20(12)15/h1-6,9H,7-8H2. The summed E-state index contributed by atoms with van der Waals surface area (Å²) in [5.74, 6) is -0.252. The maximum Gasteiger partial charge on any atom is 0.150 e. The normalized spacial score (nSPS) is 17.2. The third kappa shape index (κ3) is 1.07. The van der Waals surface area contributed by atoms with Crippen LogP contribution in [0.2, 0.25) is 0 Å². The summed E-state index contributed by atoms with van der Waals surface area (Å²) in [5, 5.41) is 8.46. The van der Waals surface area contributed by atoms with Crippen molar-refractivity contribution >= 4 is 0 Å². The zero-order chi connectivity index (χ0) is 13.3. The highest BCUT2D eigenvalue weighted by molar-refractivity contribution is 5.57. The van der Waals surface area contributed by atoms with E-state index < -0.39 is 0 Å². The molecule has 4 heterocycles. The van der Waals surface area contributed by atoms with Crippen LogP contribution in [0.5, 0.6) is 0 Å². The van der Waals surface area contributed by atoms with Crippen LogP contribution >= 0.6 is 0 Å². The maximum atomic E-state index is 13.3. The van der Waals surface area contributed by atoms with E-state index in [1.165, 1.54) is 23.5 Å². The Morgan fingerprint density at radius 2 is 1.90 bits per heavy atom. The Morgan fingerprint density at radius 1 is 1.10 bits per heavy atom. The second-order valence-electron chi connectivity index (χ2n) is 5.55. The molecule has 0 amide bonds. The van der Waals surface area contributed by atoms with Gasteiger partial charge in [-0.3, -0.25) is 0 Å². The average molecular weight is 266 g/mol. The predicted molar refractivity (Wildman–Crippen MR) is 70.6 cm³/mol. The van der Waals surface area contributed by atoms with E-state index in [1.54, 1.807) is 6.07 Å². The molecule has 0 bridgehead atoms. The molecule has 5 heteroatoms. The summed E-state index contributed by atoms with van der Waals surface area (Å²) in [4.78, 5) is 0. The van der Waals surface area contributed by atoms with Gasteiger partial charge < -0.3 is 4.57 Å². The highest BCUT2D eigenvalue weighted by atomic mass is 19.1. The lowest BCUT2D eigenvalue weighted by Gasteiger charge is -2.52. The summed E-state index contributed by atoms with van der Waals surface area (Å²) >= 11 is 0. The molecule has 0 fully saturated rings. The van der Waals surface area contributed by atoms with E-state index in [1.807, 2.05) is 16.9 Å². The molecule has 0 atom stereocenters. The third-order valence-corrected chi connectivity index (χ3v) is 4.43. The molecule has 2 aliphatic heterocycles. The largest absolute Gasteiger partial charge is 0.323 e. The maximum absolute atomic E-state index is 13.3. The Kier molecular flexibility index (Phi) is 1.65. The van der Waals surface area contributed by atoms with Crippen LogP contribution in [0.4, 0.5) is 4.39 Å². The third-order valence-electron chi connectivity index (χ3n) is 4.43. The van der Waals surface area contributed by atoms with E-state index in [0.717, 1.165) is 18.4 Å². The van der Waals surface area contributed by atoms with Gasteiger partial charge in [-0.2, -0.15) is 0 Å². The van der Waals surface area contributed by atoms with Crippen LogP contribution in [0.25, 0.3) is 11.3 Å². The van der Waals surface area contributed by atoms with Crippen molar-refractivity contribution in [2.75, 3.05) is 0 Å². The summed E-state index contributed by atoms with van der Waals surface area (Å²) in [6, 6.07) is 10.8. The summed E-state index contributed by atoms with van der Waals surface area (Å²) < 4.78 is 17.5. The molecule has 0 saturated carbocycles. The molecule has 0 saturated heterocycles. The van der Waals surface area contributed by atoms with Crippen LogP contribution in [0.1, 0.15) is 11.4 Å². The van der Waals surface area contributed by atoms with E-state index in [0.29, 0.717) is 5.69 Å². The molecule has 20 heavy (non-hydrogen) atoms. The van der Waals surface area contributed by atoms with Crippen LogP contribution in [0, 0.1) is 5.82 Å². The highest BCUT2D eigenvalue weighted by Gasteiger charge is 2.54. The smallest absolute Gasteiger partial charge is 0.150 e. The number of nitrogens with zero attached hydrogens (tertiary/aromatic N) is 4. The summed E-state index contributed by atoms with van der Waals surface area (Å²) in [5.41, 5.74) is 4.14. The fourth-order valence-corrected chi connectivity index (χ4v) is 3.47. The molecular weight excluding hydrogens is 255 g/mol. The average Bonchev–Trinajstić information content (AvgIpc) is 2.93. The molecule has 5 rings (SSSR count). The van der Waals surface area contributed by atoms with Crippen LogP contribution in [0.15, 0.2) is 42.6 Å². The zero-order valence-corrected chi connectivity index (χ0v) is 10.6. The second kappa shape index (κ2) is 3.17. The van der Waals surface area contributed by atoms with Gasteiger partial charge in [0.2, 0.25) is 0 Å². The number of rotatable bonds is 2. The second-order valence-corrected chi connectivity index (χ2v) is 5.55. The molecule has 0 spiro atoms. The predicted octanol–water partition coefficient (Wildman–Crippen LogP) is 2.20. The number of hydrogen-bond donors (Lipinski definition) is 0. The first-order valence-corrected chi connectivity index (χ1v) is 6.65. The van der Waals surface area contributed by atoms with Crippen LogP contribution in [0.3, 0.4) is 0 Å². The number of benzene rings is 1. The molecule has 1 aromatic carbocycles. The highest BCUT2D eigenvalue weighted by Crippen LogP contribution is 2.48. The number of halogens is 1. The summed E-state index contributed by atoms with van der Waals surface area (Å²) in [7, 11) is 0. The quantitative estimate of drug-likeness (QED) is 0.713. The van der Waals surface area contributed by atoms with Gasteiger partial charge in [0.15, 0.2) is 0 Å². The van der Waals surface area contributed by atoms with Crippen molar-refractivity contribution < 1.29 is 4.39 Å². The molecular formula is C15H11FN4. The van der Waals surface area contributed by atoms with Gasteiger partial charge in [0.25, 0.3) is 0 Å². The van der Waals surface area contributed by atoms with Gasteiger partial charge >= 0.3 is 0 Å². The van der Waals surface area contributed by atoms with Crippen LogP contribution < -0.4 is 0 Å². The van der Waals surface area contributed by atoms with Gasteiger partial charge in [-0.1, -0.05) is 17.3 Å².